The van der Waals surface area contributed by atoms with Crippen LogP contribution in [0.2, 0.25) is 0 Å². The lowest BCUT2D eigenvalue weighted by Crippen LogP contribution is -2.58. The van der Waals surface area contributed by atoms with Crippen LogP contribution < -0.4 is 0 Å². The van der Waals surface area contributed by atoms with Crippen LogP contribution in [0, 0.1) is 50.7 Å². The maximum absolute atomic E-state index is 10.9. The van der Waals surface area contributed by atoms with E-state index in [4.69, 9.17) is 0 Å². The van der Waals surface area contributed by atoms with Crippen LogP contribution in [0.3, 0.4) is 0 Å². The number of allylic oxidation sites excluding steroid dienone is 2. The van der Waals surface area contributed by atoms with E-state index in [0.717, 1.165) is 25.2 Å². The highest BCUT2D eigenvalue weighted by atomic mass is 16.3. The van der Waals surface area contributed by atoms with Crippen molar-refractivity contribution in [3.63, 3.8) is 0 Å². The van der Waals surface area contributed by atoms with Crippen LogP contribution in [0.15, 0.2) is 11.6 Å². The number of aliphatic hydroxyl groups excluding tert-OH is 2. The summed E-state index contributed by atoms with van der Waals surface area (Å²) in [7, 11) is 0. The van der Waals surface area contributed by atoms with Crippen LogP contribution in [-0.4, -0.2) is 22.4 Å². The van der Waals surface area contributed by atoms with Gasteiger partial charge in [0.1, 0.15) is 0 Å². The van der Waals surface area contributed by atoms with Gasteiger partial charge in [-0.25, -0.2) is 0 Å². The van der Waals surface area contributed by atoms with Crippen LogP contribution >= 0.6 is 0 Å². The summed E-state index contributed by atoms with van der Waals surface area (Å²) in [6, 6.07) is 0. The molecule has 0 aromatic rings. The molecule has 0 aliphatic heterocycles. The third-order valence-corrected chi connectivity index (χ3v) is 12.9. The Morgan fingerprint density at radius 1 is 0.656 bits per heavy atom. The molecule has 2 heteroatoms. The van der Waals surface area contributed by atoms with Crippen LogP contribution in [0.25, 0.3) is 0 Å². The third-order valence-electron chi connectivity index (χ3n) is 12.9. The summed E-state index contributed by atoms with van der Waals surface area (Å²) in [5, 5.41) is 21.7. The molecule has 0 bridgehead atoms. The number of hydrogen-bond acceptors (Lipinski definition) is 2. The first-order chi connectivity index (χ1) is 14.8. The summed E-state index contributed by atoms with van der Waals surface area (Å²) in [5.41, 5.74) is 2.91. The molecule has 0 heterocycles. The molecular formula is C30H50O2. The van der Waals surface area contributed by atoms with Gasteiger partial charge in [0.05, 0.1) is 12.2 Å². The molecule has 0 amide bonds. The molecule has 2 N–H and O–H groups in total. The SMILES string of the molecule is CC1(C)C(O)CC[C@@]2(C)C1CC[C@@]1(C)CC3=CCC4C(C)(C)C(O)CC[C@]4(C)C3CCC12. The Morgan fingerprint density at radius 2 is 1.25 bits per heavy atom. The molecule has 2 nitrogen and oxygen atoms in total. The molecule has 6 unspecified atom stereocenters. The van der Waals surface area contributed by atoms with Crippen molar-refractivity contribution >= 4 is 0 Å². The molecule has 0 aromatic carbocycles. The van der Waals surface area contributed by atoms with Gasteiger partial charge in [0.2, 0.25) is 0 Å². The van der Waals surface area contributed by atoms with Gasteiger partial charge in [0.25, 0.3) is 0 Å². The van der Waals surface area contributed by atoms with Gasteiger partial charge in [0, 0.05) is 0 Å². The van der Waals surface area contributed by atoms with Crippen molar-refractivity contribution in [2.24, 2.45) is 50.7 Å². The third kappa shape index (κ3) is 2.96. The smallest absolute Gasteiger partial charge is 0.0594 e. The summed E-state index contributed by atoms with van der Waals surface area (Å²) in [6.45, 7) is 17.2. The average molecular weight is 443 g/mol. The van der Waals surface area contributed by atoms with E-state index < -0.39 is 0 Å². The van der Waals surface area contributed by atoms with Crippen LogP contribution in [0.4, 0.5) is 0 Å². The highest BCUT2D eigenvalue weighted by molar-refractivity contribution is 5.25. The van der Waals surface area contributed by atoms with Crippen LogP contribution in [0.5, 0.6) is 0 Å². The predicted octanol–water partition coefficient (Wildman–Crippen LogP) is 7.14. The van der Waals surface area contributed by atoms with Crippen molar-refractivity contribution in [1.82, 2.24) is 0 Å². The maximum atomic E-state index is 10.9. The van der Waals surface area contributed by atoms with Crippen LogP contribution in [-0.2, 0) is 0 Å². The van der Waals surface area contributed by atoms with Crippen LogP contribution in [0.1, 0.15) is 113 Å². The van der Waals surface area contributed by atoms with Gasteiger partial charge >= 0.3 is 0 Å². The Kier molecular flexibility index (Phi) is 5.19. The molecule has 5 aliphatic rings. The molecule has 5 aliphatic carbocycles. The Hall–Kier alpha value is -0.340. The molecule has 4 saturated carbocycles. The summed E-state index contributed by atoms with van der Waals surface area (Å²) in [6.07, 6.45) is 14.4. The first-order valence-electron chi connectivity index (χ1n) is 13.8. The molecule has 0 saturated heterocycles. The standard InChI is InChI=1S/C30H50O2/c1-26(2)21-10-8-19-18-28(5)15-12-22-27(3,4)25(32)14-17-30(22,7)23(28)11-9-20(19)29(21,6)16-13-24(26)31/h8,20-25,31-32H,9-18H2,1-7H3/t20?,21?,22?,23?,24?,25?,28-,29+,30-/m0/s1. The minimum Gasteiger partial charge on any atom is -0.393 e. The molecule has 5 rings (SSSR count). The second-order valence-electron chi connectivity index (χ2n) is 14.9. The number of rotatable bonds is 0. The van der Waals surface area contributed by atoms with E-state index in [2.05, 4.69) is 54.5 Å². The first-order valence-corrected chi connectivity index (χ1v) is 13.8. The fourth-order valence-electron chi connectivity index (χ4n) is 10.9. The largest absolute Gasteiger partial charge is 0.393 e. The lowest BCUT2D eigenvalue weighted by Gasteiger charge is -2.63. The van der Waals surface area contributed by atoms with Crippen molar-refractivity contribution < 1.29 is 10.2 Å². The van der Waals surface area contributed by atoms with Gasteiger partial charge in [-0.3, -0.25) is 0 Å². The van der Waals surface area contributed by atoms with Crippen molar-refractivity contribution in [3.05, 3.63) is 11.6 Å². The monoisotopic (exact) mass is 442 g/mol. The van der Waals surface area contributed by atoms with Crippen molar-refractivity contribution in [3.8, 4) is 0 Å². The van der Waals surface area contributed by atoms with Crippen molar-refractivity contribution in [2.45, 2.75) is 125 Å². The minimum atomic E-state index is -0.156. The highest BCUT2D eigenvalue weighted by Gasteiger charge is 2.63. The van der Waals surface area contributed by atoms with Gasteiger partial charge in [-0.2, -0.15) is 0 Å². The quantitative estimate of drug-likeness (QED) is 0.391. The zero-order chi connectivity index (χ0) is 23.3. The van der Waals surface area contributed by atoms with Crippen molar-refractivity contribution in [1.29, 1.82) is 0 Å². The number of aliphatic hydroxyl groups is 2. The average Bonchev–Trinajstić information content (AvgIpc) is 2.86. The summed E-state index contributed by atoms with van der Waals surface area (Å²) >= 11 is 0. The summed E-state index contributed by atoms with van der Waals surface area (Å²) < 4.78 is 0. The number of hydrogen-bond donors (Lipinski definition) is 2. The second-order valence-corrected chi connectivity index (χ2v) is 14.9. The molecule has 182 valence electrons. The van der Waals surface area contributed by atoms with Gasteiger partial charge in [-0.1, -0.05) is 60.1 Å². The lowest BCUT2D eigenvalue weighted by molar-refractivity contribution is -0.170. The van der Waals surface area contributed by atoms with Gasteiger partial charge in [-0.05, 0) is 115 Å². The molecule has 0 aromatic heterocycles. The Labute approximate surface area is 197 Å². The summed E-state index contributed by atoms with van der Waals surface area (Å²) in [5.74, 6) is 2.68. The maximum Gasteiger partial charge on any atom is 0.0594 e. The predicted molar refractivity (Wildman–Crippen MR) is 132 cm³/mol. The second kappa shape index (κ2) is 7.09. The minimum absolute atomic E-state index is 0.0125. The molecular weight excluding hydrogens is 392 g/mol. The molecule has 4 fully saturated rings. The van der Waals surface area contributed by atoms with Gasteiger partial charge in [-0.15, -0.1) is 0 Å². The van der Waals surface area contributed by atoms with E-state index >= 15 is 0 Å². The van der Waals surface area contributed by atoms with E-state index in [1.165, 1.54) is 44.9 Å². The van der Waals surface area contributed by atoms with Crippen molar-refractivity contribution in [2.75, 3.05) is 0 Å². The topological polar surface area (TPSA) is 40.5 Å². The van der Waals surface area contributed by atoms with E-state index in [1.807, 2.05) is 0 Å². The first kappa shape index (κ1) is 23.4. The Balaban J connectivity index is 1.50. The Bertz CT molecular complexity index is 795. The normalized spacial score (nSPS) is 54.2. The van der Waals surface area contributed by atoms with E-state index in [9.17, 15) is 10.2 Å². The van der Waals surface area contributed by atoms with E-state index in [1.54, 1.807) is 5.57 Å². The summed E-state index contributed by atoms with van der Waals surface area (Å²) in [4.78, 5) is 0. The molecule has 0 radical (unpaired) electrons. The zero-order valence-corrected chi connectivity index (χ0v) is 22.0. The van der Waals surface area contributed by atoms with E-state index in [-0.39, 0.29) is 23.0 Å². The fourth-order valence-corrected chi connectivity index (χ4v) is 10.9. The fraction of sp³-hybridized carbons (Fsp3) is 0.933. The molecule has 9 atom stereocenters. The number of fused-ring (bicyclic) bond motifs is 6. The lowest BCUT2D eigenvalue weighted by atomic mass is 9.42. The highest BCUT2D eigenvalue weighted by Crippen LogP contribution is 2.70. The van der Waals surface area contributed by atoms with Gasteiger partial charge in [0.15, 0.2) is 0 Å². The molecule has 32 heavy (non-hydrogen) atoms. The van der Waals surface area contributed by atoms with Gasteiger partial charge < -0.3 is 10.2 Å². The Morgan fingerprint density at radius 3 is 1.91 bits per heavy atom. The molecule has 0 spiro atoms. The van der Waals surface area contributed by atoms with E-state index in [0.29, 0.717) is 34.0 Å². The zero-order valence-electron chi connectivity index (χ0n) is 22.0.